The predicted molar refractivity (Wildman–Crippen MR) is 80.7 cm³/mol. The van der Waals surface area contributed by atoms with Gasteiger partial charge in [0.25, 0.3) is 0 Å². The van der Waals surface area contributed by atoms with E-state index in [0.29, 0.717) is 5.54 Å². The molecule has 1 fully saturated rings. The van der Waals surface area contributed by atoms with Crippen LogP contribution in [0.5, 0.6) is 5.75 Å². The van der Waals surface area contributed by atoms with Gasteiger partial charge >= 0.3 is 0 Å². The van der Waals surface area contributed by atoms with Crippen molar-refractivity contribution in [1.29, 1.82) is 0 Å². The molecule has 1 aliphatic heterocycles. The lowest BCUT2D eigenvalue weighted by atomic mass is 9.82. The molecule has 1 unspecified atom stereocenters. The molecule has 1 aromatic rings. The summed E-state index contributed by atoms with van der Waals surface area (Å²) in [6.45, 7) is 5.85. The highest BCUT2D eigenvalue weighted by atomic mass is 16.5. The SMILES string of the molecule is COc1ccc(CCC2(CC(C)C)CCCN2)cc1. The van der Waals surface area contributed by atoms with Gasteiger partial charge in [-0.05, 0) is 62.3 Å². The maximum absolute atomic E-state index is 5.21. The number of ether oxygens (including phenoxy) is 1. The summed E-state index contributed by atoms with van der Waals surface area (Å²) in [6.07, 6.45) is 6.36. The molecule has 2 rings (SSSR count). The molecule has 1 aliphatic rings. The average molecular weight is 261 g/mol. The van der Waals surface area contributed by atoms with Crippen LogP contribution in [-0.4, -0.2) is 19.2 Å². The fraction of sp³-hybridized carbons (Fsp3) is 0.647. The zero-order valence-corrected chi connectivity index (χ0v) is 12.5. The van der Waals surface area contributed by atoms with Gasteiger partial charge in [0.1, 0.15) is 5.75 Å². The molecule has 19 heavy (non-hydrogen) atoms. The number of aryl methyl sites for hydroxylation is 1. The number of hydrogen-bond donors (Lipinski definition) is 1. The molecule has 0 saturated carbocycles. The Hall–Kier alpha value is -1.02. The third-order valence-corrected chi connectivity index (χ3v) is 4.18. The summed E-state index contributed by atoms with van der Waals surface area (Å²) in [5.74, 6) is 1.71. The Kier molecular flexibility index (Phi) is 4.87. The molecule has 106 valence electrons. The van der Waals surface area contributed by atoms with Gasteiger partial charge in [0, 0.05) is 5.54 Å². The lowest BCUT2D eigenvalue weighted by molar-refractivity contribution is 0.284. The van der Waals surface area contributed by atoms with Gasteiger partial charge in [0.15, 0.2) is 0 Å². The molecule has 1 saturated heterocycles. The van der Waals surface area contributed by atoms with Gasteiger partial charge in [-0.3, -0.25) is 0 Å². The van der Waals surface area contributed by atoms with Gasteiger partial charge in [0.2, 0.25) is 0 Å². The lowest BCUT2D eigenvalue weighted by Crippen LogP contribution is -2.41. The molecular formula is C17H27NO. The molecule has 1 atom stereocenters. The number of benzene rings is 1. The molecule has 0 aliphatic carbocycles. The van der Waals surface area contributed by atoms with Gasteiger partial charge in [0.05, 0.1) is 7.11 Å². The van der Waals surface area contributed by atoms with Crippen LogP contribution >= 0.6 is 0 Å². The van der Waals surface area contributed by atoms with Gasteiger partial charge in [-0.25, -0.2) is 0 Å². The average Bonchev–Trinajstić information content (AvgIpc) is 2.85. The van der Waals surface area contributed by atoms with E-state index in [1.807, 2.05) is 0 Å². The lowest BCUT2D eigenvalue weighted by Gasteiger charge is -2.31. The van der Waals surface area contributed by atoms with E-state index < -0.39 is 0 Å². The van der Waals surface area contributed by atoms with Crippen LogP contribution in [0.25, 0.3) is 0 Å². The minimum absolute atomic E-state index is 0.383. The van der Waals surface area contributed by atoms with Crippen LogP contribution in [0.15, 0.2) is 24.3 Å². The van der Waals surface area contributed by atoms with E-state index in [2.05, 4.69) is 43.4 Å². The smallest absolute Gasteiger partial charge is 0.118 e. The summed E-state index contributed by atoms with van der Waals surface area (Å²) < 4.78 is 5.21. The van der Waals surface area contributed by atoms with Gasteiger partial charge in [-0.15, -0.1) is 0 Å². The highest BCUT2D eigenvalue weighted by molar-refractivity contribution is 5.27. The zero-order chi connectivity index (χ0) is 13.7. The Morgan fingerprint density at radius 3 is 2.53 bits per heavy atom. The van der Waals surface area contributed by atoms with Crippen molar-refractivity contribution >= 4 is 0 Å². The maximum atomic E-state index is 5.21. The normalized spacial score (nSPS) is 22.9. The number of rotatable bonds is 6. The van der Waals surface area contributed by atoms with Crippen molar-refractivity contribution in [2.24, 2.45) is 5.92 Å². The van der Waals surface area contributed by atoms with Crippen molar-refractivity contribution < 1.29 is 4.74 Å². The number of nitrogens with one attached hydrogen (secondary N) is 1. The highest BCUT2D eigenvalue weighted by Crippen LogP contribution is 2.31. The van der Waals surface area contributed by atoms with Crippen LogP contribution in [0.4, 0.5) is 0 Å². The third kappa shape index (κ3) is 3.97. The predicted octanol–water partition coefficient (Wildman–Crippen LogP) is 3.80. The second-order valence-electron chi connectivity index (χ2n) is 6.26. The Bertz CT molecular complexity index is 377. The summed E-state index contributed by atoms with van der Waals surface area (Å²) in [4.78, 5) is 0. The molecular weight excluding hydrogens is 234 g/mol. The van der Waals surface area contributed by atoms with Gasteiger partial charge in [-0.1, -0.05) is 26.0 Å². The second-order valence-corrected chi connectivity index (χ2v) is 6.26. The zero-order valence-electron chi connectivity index (χ0n) is 12.5. The van der Waals surface area contributed by atoms with E-state index >= 15 is 0 Å². The van der Waals surface area contributed by atoms with Crippen LogP contribution in [-0.2, 0) is 6.42 Å². The van der Waals surface area contributed by atoms with Gasteiger partial charge < -0.3 is 10.1 Å². The first kappa shape index (κ1) is 14.4. The van der Waals surface area contributed by atoms with Crippen molar-refractivity contribution in [3.8, 4) is 5.75 Å². The fourth-order valence-electron chi connectivity index (χ4n) is 3.32. The van der Waals surface area contributed by atoms with Crippen molar-refractivity contribution in [2.45, 2.75) is 51.5 Å². The topological polar surface area (TPSA) is 21.3 Å². The van der Waals surface area contributed by atoms with Crippen molar-refractivity contribution in [2.75, 3.05) is 13.7 Å². The van der Waals surface area contributed by atoms with Crippen LogP contribution in [0.2, 0.25) is 0 Å². The van der Waals surface area contributed by atoms with Gasteiger partial charge in [-0.2, -0.15) is 0 Å². The summed E-state index contributed by atoms with van der Waals surface area (Å²) in [7, 11) is 1.72. The second kappa shape index (κ2) is 6.42. The minimum Gasteiger partial charge on any atom is -0.497 e. The Balaban J connectivity index is 1.94. The summed E-state index contributed by atoms with van der Waals surface area (Å²) in [5.41, 5.74) is 1.80. The van der Waals surface area contributed by atoms with Crippen LogP contribution in [0.1, 0.15) is 45.1 Å². The van der Waals surface area contributed by atoms with Crippen molar-refractivity contribution in [1.82, 2.24) is 5.32 Å². The molecule has 1 heterocycles. The Morgan fingerprint density at radius 1 is 1.26 bits per heavy atom. The first-order chi connectivity index (χ1) is 9.13. The van der Waals surface area contributed by atoms with Crippen molar-refractivity contribution in [3.63, 3.8) is 0 Å². The molecule has 1 aromatic carbocycles. The Labute approximate surface area is 117 Å². The largest absolute Gasteiger partial charge is 0.497 e. The van der Waals surface area contributed by atoms with E-state index in [-0.39, 0.29) is 0 Å². The molecule has 0 aromatic heterocycles. The van der Waals surface area contributed by atoms with Crippen LogP contribution in [0, 0.1) is 5.92 Å². The molecule has 1 N–H and O–H groups in total. The Morgan fingerprint density at radius 2 is 2.00 bits per heavy atom. The standard InChI is InChI=1S/C17H27NO/c1-14(2)13-17(10-4-12-18-17)11-9-15-5-7-16(19-3)8-6-15/h5-8,14,18H,4,9-13H2,1-3H3. The quantitative estimate of drug-likeness (QED) is 0.841. The molecule has 0 spiro atoms. The molecule has 0 bridgehead atoms. The van der Waals surface area contributed by atoms with Crippen molar-refractivity contribution in [3.05, 3.63) is 29.8 Å². The van der Waals surface area contributed by atoms with E-state index in [0.717, 1.165) is 18.1 Å². The molecule has 0 radical (unpaired) electrons. The fourth-order valence-corrected chi connectivity index (χ4v) is 3.32. The molecule has 0 amide bonds. The van der Waals surface area contributed by atoms with E-state index in [1.54, 1.807) is 7.11 Å². The highest BCUT2D eigenvalue weighted by Gasteiger charge is 2.33. The van der Waals surface area contributed by atoms with E-state index in [4.69, 9.17) is 4.74 Å². The maximum Gasteiger partial charge on any atom is 0.118 e. The first-order valence-corrected chi connectivity index (χ1v) is 7.51. The molecule has 2 heteroatoms. The molecule has 2 nitrogen and oxygen atoms in total. The summed E-state index contributed by atoms with van der Waals surface area (Å²) in [5, 5.41) is 3.77. The minimum atomic E-state index is 0.383. The monoisotopic (exact) mass is 261 g/mol. The van der Waals surface area contributed by atoms with Crippen LogP contribution in [0.3, 0.4) is 0 Å². The summed E-state index contributed by atoms with van der Waals surface area (Å²) >= 11 is 0. The third-order valence-electron chi connectivity index (χ3n) is 4.18. The van der Waals surface area contributed by atoms with E-state index in [1.165, 1.54) is 37.8 Å². The van der Waals surface area contributed by atoms with Crippen LogP contribution < -0.4 is 10.1 Å². The van der Waals surface area contributed by atoms with E-state index in [9.17, 15) is 0 Å². The first-order valence-electron chi connectivity index (χ1n) is 7.51. The number of methoxy groups -OCH3 is 1. The number of hydrogen-bond acceptors (Lipinski definition) is 2. The summed E-state index contributed by atoms with van der Waals surface area (Å²) in [6, 6.07) is 8.51.